The van der Waals surface area contributed by atoms with Crippen molar-refractivity contribution >= 4 is 36.7 Å². The zero-order valence-corrected chi connectivity index (χ0v) is 11.4. The fourth-order valence-electron chi connectivity index (χ4n) is 1.12. The van der Waals surface area contributed by atoms with E-state index in [1.54, 1.807) is 4.90 Å². The third-order valence-corrected chi connectivity index (χ3v) is 1.69. The van der Waals surface area contributed by atoms with Crippen LogP contribution in [0.4, 0.5) is 4.79 Å². The van der Waals surface area contributed by atoms with Gasteiger partial charge in [-0.15, -0.1) is 24.8 Å². The third-order valence-electron chi connectivity index (χ3n) is 1.69. The van der Waals surface area contributed by atoms with Gasteiger partial charge in [0.2, 0.25) is 0 Å². The number of amides is 1. The minimum atomic E-state index is -0.458. The molecule has 1 aliphatic rings. The molecule has 7 heteroatoms. The number of hydrogen-bond donors (Lipinski definition) is 1. The van der Waals surface area contributed by atoms with Gasteiger partial charge in [0.15, 0.2) is 0 Å². The number of halogens is 2. The van der Waals surface area contributed by atoms with E-state index in [1.165, 1.54) is 0 Å². The monoisotopic (exact) mass is 271 g/mol. The van der Waals surface area contributed by atoms with Crippen LogP contribution in [-0.2, 0) is 4.74 Å². The highest BCUT2D eigenvalue weighted by atomic mass is 35.5. The van der Waals surface area contributed by atoms with E-state index in [1.807, 2.05) is 20.8 Å². The molecular weight excluding hydrogens is 253 g/mol. The summed E-state index contributed by atoms with van der Waals surface area (Å²) in [6.07, 6.45) is -0.324. The molecular formula is C9H19Cl2N3O2. The number of nitrogens with two attached hydrogens (primary N) is 1. The van der Waals surface area contributed by atoms with Crippen LogP contribution in [0.25, 0.3) is 0 Å². The van der Waals surface area contributed by atoms with Crippen molar-refractivity contribution in [2.24, 2.45) is 10.7 Å². The van der Waals surface area contributed by atoms with E-state index in [0.29, 0.717) is 25.5 Å². The van der Waals surface area contributed by atoms with Crippen molar-refractivity contribution in [3.05, 3.63) is 0 Å². The van der Waals surface area contributed by atoms with Gasteiger partial charge in [-0.3, -0.25) is 9.89 Å². The molecule has 96 valence electrons. The molecule has 1 amide bonds. The van der Waals surface area contributed by atoms with Crippen LogP contribution >= 0.6 is 24.8 Å². The van der Waals surface area contributed by atoms with E-state index < -0.39 is 5.60 Å². The van der Waals surface area contributed by atoms with Gasteiger partial charge in [-0.2, -0.15) is 0 Å². The Hall–Kier alpha value is -0.680. The minimum Gasteiger partial charge on any atom is -0.444 e. The third kappa shape index (κ3) is 6.02. The molecule has 2 N–H and O–H groups in total. The molecule has 0 saturated carbocycles. The molecule has 0 radical (unpaired) electrons. The summed E-state index contributed by atoms with van der Waals surface area (Å²) in [7, 11) is 0. The van der Waals surface area contributed by atoms with Crippen LogP contribution in [0.1, 0.15) is 20.8 Å². The maximum absolute atomic E-state index is 11.6. The van der Waals surface area contributed by atoms with Gasteiger partial charge in [0.1, 0.15) is 11.4 Å². The maximum Gasteiger partial charge on any atom is 0.410 e. The molecule has 5 nitrogen and oxygen atoms in total. The summed E-state index contributed by atoms with van der Waals surface area (Å²) in [5, 5.41) is 0. The molecule has 0 bridgehead atoms. The van der Waals surface area contributed by atoms with Gasteiger partial charge in [0.05, 0.1) is 13.1 Å². The average molecular weight is 272 g/mol. The van der Waals surface area contributed by atoms with Crippen molar-refractivity contribution in [3.63, 3.8) is 0 Å². The summed E-state index contributed by atoms with van der Waals surface area (Å²) < 4.78 is 5.20. The second kappa shape index (κ2) is 6.81. The summed E-state index contributed by atoms with van der Waals surface area (Å²) in [5.74, 6) is 0.488. The van der Waals surface area contributed by atoms with Gasteiger partial charge in [-0.25, -0.2) is 4.79 Å². The number of carbonyl (C=O) groups is 1. The molecule has 1 heterocycles. The van der Waals surface area contributed by atoms with E-state index in [9.17, 15) is 4.79 Å². The van der Waals surface area contributed by atoms with E-state index in [-0.39, 0.29) is 30.9 Å². The van der Waals surface area contributed by atoms with Gasteiger partial charge in [-0.05, 0) is 20.8 Å². The largest absolute Gasteiger partial charge is 0.444 e. The van der Waals surface area contributed by atoms with Gasteiger partial charge >= 0.3 is 6.09 Å². The van der Waals surface area contributed by atoms with Crippen molar-refractivity contribution in [3.8, 4) is 0 Å². The van der Waals surface area contributed by atoms with Crippen molar-refractivity contribution in [1.82, 2.24) is 4.90 Å². The number of nitrogens with zero attached hydrogens (tertiary/aromatic N) is 2. The molecule has 0 aliphatic carbocycles. The Morgan fingerprint density at radius 3 is 2.44 bits per heavy atom. The summed E-state index contributed by atoms with van der Waals surface area (Å²) in [6, 6.07) is 0. The van der Waals surface area contributed by atoms with Crippen LogP contribution in [0.3, 0.4) is 0 Å². The molecule has 16 heavy (non-hydrogen) atoms. The lowest BCUT2D eigenvalue weighted by Crippen LogP contribution is -2.45. The van der Waals surface area contributed by atoms with Gasteiger partial charge < -0.3 is 10.5 Å². The first-order valence-electron chi connectivity index (χ1n) is 4.65. The summed E-state index contributed by atoms with van der Waals surface area (Å²) in [4.78, 5) is 17.1. The van der Waals surface area contributed by atoms with Crippen LogP contribution in [0.15, 0.2) is 4.99 Å². The quantitative estimate of drug-likeness (QED) is 0.725. The number of ether oxygens (including phenoxy) is 1. The molecule has 0 aromatic rings. The molecule has 0 fully saturated rings. The van der Waals surface area contributed by atoms with E-state index >= 15 is 0 Å². The number of rotatable bonds is 0. The van der Waals surface area contributed by atoms with Gasteiger partial charge in [0.25, 0.3) is 0 Å². The van der Waals surface area contributed by atoms with Crippen molar-refractivity contribution in [2.75, 3.05) is 19.6 Å². The SMILES string of the molecule is CC(C)(C)OC(=O)N1CCN=C(N)C1.Cl.Cl. The normalized spacial score (nSPS) is 15.4. The molecule has 0 spiro atoms. The van der Waals surface area contributed by atoms with E-state index in [4.69, 9.17) is 10.5 Å². The smallest absolute Gasteiger partial charge is 0.410 e. The van der Waals surface area contributed by atoms with Crippen LogP contribution < -0.4 is 5.73 Å². The molecule has 0 unspecified atom stereocenters. The molecule has 1 rings (SSSR count). The Morgan fingerprint density at radius 2 is 2.00 bits per heavy atom. The minimum absolute atomic E-state index is 0. The van der Waals surface area contributed by atoms with Crippen LogP contribution in [0.5, 0.6) is 0 Å². The maximum atomic E-state index is 11.6. The number of aliphatic imine (C=N–C) groups is 1. The Morgan fingerprint density at radius 1 is 1.44 bits per heavy atom. The second-order valence-corrected chi connectivity index (χ2v) is 4.27. The predicted molar refractivity (Wildman–Crippen MR) is 68.8 cm³/mol. The lowest BCUT2D eigenvalue weighted by molar-refractivity contribution is 0.0277. The van der Waals surface area contributed by atoms with Gasteiger partial charge in [0, 0.05) is 6.54 Å². The number of hydrogen-bond acceptors (Lipinski definition) is 4. The zero-order chi connectivity index (χ0) is 10.8. The highest BCUT2D eigenvalue weighted by Gasteiger charge is 2.23. The summed E-state index contributed by atoms with van der Waals surface area (Å²) >= 11 is 0. The second-order valence-electron chi connectivity index (χ2n) is 4.27. The lowest BCUT2D eigenvalue weighted by atomic mass is 10.2. The highest BCUT2D eigenvalue weighted by molar-refractivity contribution is 5.86. The Balaban J connectivity index is 0. The first kappa shape index (κ1) is 17.7. The standard InChI is InChI=1S/C9H17N3O2.2ClH/c1-9(2,3)14-8(13)12-5-4-11-7(10)6-12;;/h4-6H2,1-3H3,(H2,10,11);2*1H. The summed E-state index contributed by atoms with van der Waals surface area (Å²) in [6.45, 7) is 7.03. The van der Waals surface area contributed by atoms with Crippen molar-refractivity contribution in [1.29, 1.82) is 0 Å². The van der Waals surface area contributed by atoms with Gasteiger partial charge in [-0.1, -0.05) is 0 Å². The predicted octanol–water partition coefficient (Wildman–Crippen LogP) is 1.44. The van der Waals surface area contributed by atoms with Crippen molar-refractivity contribution in [2.45, 2.75) is 26.4 Å². The number of carbonyl (C=O) groups excluding carboxylic acids is 1. The molecule has 0 aromatic carbocycles. The molecule has 0 atom stereocenters. The first-order valence-corrected chi connectivity index (χ1v) is 4.65. The lowest BCUT2D eigenvalue weighted by Gasteiger charge is -2.28. The Bertz CT molecular complexity index is 264. The fraction of sp³-hybridized carbons (Fsp3) is 0.778. The zero-order valence-electron chi connectivity index (χ0n) is 9.73. The Labute approximate surface area is 108 Å². The van der Waals surface area contributed by atoms with Crippen LogP contribution in [0, 0.1) is 0 Å². The number of amidine groups is 1. The van der Waals surface area contributed by atoms with E-state index in [0.717, 1.165) is 0 Å². The molecule has 1 aliphatic heterocycles. The summed E-state index contributed by atoms with van der Waals surface area (Å²) in [5.41, 5.74) is 5.07. The van der Waals surface area contributed by atoms with Crippen LogP contribution in [0.2, 0.25) is 0 Å². The molecule has 0 saturated heterocycles. The first-order chi connectivity index (χ1) is 6.38. The Kier molecular flexibility index (Phi) is 7.53. The highest BCUT2D eigenvalue weighted by Crippen LogP contribution is 2.10. The van der Waals surface area contributed by atoms with Crippen LogP contribution in [-0.4, -0.2) is 42.1 Å². The average Bonchev–Trinajstić information content (AvgIpc) is 2.01. The topological polar surface area (TPSA) is 67.9 Å². The van der Waals surface area contributed by atoms with Crippen molar-refractivity contribution < 1.29 is 9.53 Å². The van der Waals surface area contributed by atoms with E-state index in [2.05, 4.69) is 4.99 Å². The fourth-order valence-corrected chi connectivity index (χ4v) is 1.12. The molecule has 0 aromatic heterocycles.